The molecule has 0 atom stereocenters. The van der Waals surface area contributed by atoms with Crippen molar-refractivity contribution < 1.29 is 14.0 Å². The molecule has 0 aliphatic carbocycles. The van der Waals surface area contributed by atoms with Crippen LogP contribution in [-0.4, -0.2) is 23.3 Å². The van der Waals surface area contributed by atoms with Crippen molar-refractivity contribution in [3.63, 3.8) is 0 Å². The lowest BCUT2D eigenvalue weighted by Crippen LogP contribution is -2.27. The Morgan fingerprint density at radius 2 is 1.79 bits per heavy atom. The van der Waals surface area contributed by atoms with E-state index in [9.17, 15) is 14.0 Å². The average Bonchev–Trinajstić information content (AvgIpc) is 2.71. The SMILES string of the molecule is O=C(Nc1ccc(F)c(Cl)c1)c1ccnc(C(=O)NCCc2ccccc2)c1. The Bertz CT molecular complexity index is 996. The van der Waals surface area contributed by atoms with E-state index >= 15 is 0 Å². The molecule has 28 heavy (non-hydrogen) atoms. The van der Waals surface area contributed by atoms with Crippen LogP contribution in [0.5, 0.6) is 0 Å². The third-order valence-electron chi connectivity index (χ3n) is 3.97. The number of carbonyl (C=O) groups is 2. The lowest BCUT2D eigenvalue weighted by molar-refractivity contribution is 0.0949. The summed E-state index contributed by atoms with van der Waals surface area (Å²) in [5, 5.41) is 5.30. The maximum absolute atomic E-state index is 13.2. The molecule has 0 saturated carbocycles. The number of aromatic nitrogens is 1. The van der Waals surface area contributed by atoms with Crippen LogP contribution in [0.25, 0.3) is 0 Å². The predicted octanol–water partition coefficient (Wildman–Crippen LogP) is 4.10. The van der Waals surface area contributed by atoms with Gasteiger partial charge in [0.15, 0.2) is 0 Å². The molecule has 0 bridgehead atoms. The molecule has 2 aromatic carbocycles. The van der Waals surface area contributed by atoms with Gasteiger partial charge in [-0.25, -0.2) is 4.39 Å². The van der Waals surface area contributed by atoms with Gasteiger partial charge in [-0.3, -0.25) is 14.6 Å². The number of pyridine rings is 1. The van der Waals surface area contributed by atoms with E-state index in [0.717, 1.165) is 11.6 Å². The first-order valence-corrected chi connectivity index (χ1v) is 8.95. The van der Waals surface area contributed by atoms with Crippen LogP contribution in [0, 0.1) is 5.82 Å². The molecule has 0 spiro atoms. The van der Waals surface area contributed by atoms with E-state index in [1.54, 1.807) is 0 Å². The maximum Gasteiger partial charge on any atom is 0.269 e. The third-order valence-corrected chi connectivity index (χ3v) is 4.26. The van der Waals surface area contributed by atoms with Gasteiger partial charge in [-0.1, -0.05) is 41.9 Å². The van der Waals surface area contributed by atoms with Gasteiger partial charge in [0, 0.05) is 24.0 Å². The van der Waals surface area contributed by atoms with E-state index in [1.807, 2.05) is 30.3 Å². The van der Waals surface area contributed by atoms with Gasteiger partial charge in [0.25, 0.3) is 11.8 Å². The van der Waals surface area contributed by atoms with Gasteiger partial charge in [-0.15, -0.1) is 0 Å². The fraction of sp³-hybridized carbons (Fsp3) is 0.0952. The fourth-order valence-corrected chi connectivity index (χ4v) is 2.71. The Morgan fingerprint density at radius 3 is 2.54 bits per heavy atom. The van der Waals surface area contributed by atoms with Gasteiger partial charge in [0.05, 0.1) is 5.02 Å². The summed E-state index contributed by atoms with van der Waals surface area (Å²) in [5.41, 5.74) is 1.85. The van der Waals surface area contributed by atoms with Crippen molar-refractivity contribution in [2.24, 2.45) is 0 Å². The Kier molecular flexibility index (Phi) is 6.34. The first-order valence-electron chi connectivity index (χ1n) is 8.57. The van der Waals surface area contributed by atoms with Crippen molar-refractivity contribution in [2.75, 3.05) is 11.9 Å². The Labute approximate surface area is 166 Å². The van der Waals surface area contributed by atoms with E-state index in [0.29, 0.717) is 18.7 Å². The monoisotopic (exact) mass is 397 g/mol. The van der Waals surface area contributed by atoms with E-state index in [2.05, 4.69) is 15.6 Å². The van der Waals surface area contributed by atoms with Gasteiger partial charge in [-0.2, -0.15) is 0 Å². The standard InChI is InChI=1S/C21H17ClFN3O2/c22-17-13-16(6-7-18(17)23)26-20(27)15-9-11-24-19(12-15)21(28)25-10-8-14-4-2-1-3-5-14/h1-7,9,11-13H,8,10H2,(H,25,28)(H,26,27). The first-order chi connectivity index (χ1) is 13.5. The van der Waals surface area contributed by atoms with Gasteiger partial charge in [0.1, 0.15) is 11.5 Å². The number of anilines is 1. The molecular formula is C21H17ClFN3O2. The van der Waals surface area contributed by atoms with Crippen LogP contribution in [0.1, 0.15) is 26.4 Å². The molecule has 3 rings (SSSR count). The maximum atomic E-state index is 13.2. The summed E-state index contributed by atoms with van der Waals surface area (Å²) in [6.45, 7) is 0.453. The second-order valence-corrected chi connectivity index (χ2v) is 6.41. The van der Waals surface area contributed by atoms with Gasteiger partial charge >= 0.3 is 0 Å². The first kappa shape index (κ1) is 19.5. The van der Waals surface area contributed by atoms with Crippen molar-refractivity contribution in [1.29, 1.82) is 0 Å². The fourth-order valence-electron chi connectivity index (χ4n) is 2.53. The summed E-state index contributed by atoms with van der Waals surface area (Å²) in [6, 6.07) is 16.5. The summed E-state index contributed by atoms with van der Waals surface area (Å²) in [6.07, 6.45) is 2.08. The number of benzene rings is 2. The number of amides is 2. The summed E-state index contributed by atoms with van der Waals surface area (Å²) >= 11 is 5.71. The molecule has 1 heterocycles. The molecule has 2 N–H and O–H groups in total. The molecular weight excluding hydrogens is 381 g/mol. The van der Waals surface area contributed by atoms with Gasteiger partial charge in [-0.05, 0) is 42.3 Å². The van der Waals surface area contributed by atoms with Crippen molar-refractivity contribution in [3.8, 4) is 0 Å². The zero-order valence-corrected chi connectivity index (χ0v) is 15.5. The number of nitrogens with one attached hydrogen (secondary N) is 2. The number of nitrogens with zero attached hydrogens (tertiary/aromatic N) is 1. The lowest BCUT2D eigenvalue weighted by Gasteiger charge is -2.08. The minimum atomic E-state index is -0.571. The largest absolute Gasteiger partial charge is 0.350 e. The number of hydrogen-bond acceptors (Lipinski definition) is 3. The summed E-state index contributed by atoms with van der Waals surface area (Å²) in [5.74, 6) is -1.39. The number of hydrogen-bond donors (Lipinski definition) is 2. The van der Waals surface area contributed by atoms with E-state index < -0.39 is 11.7 Å². The summed E-state index contributed by atoms with van der Waals surface area (Å²) in [4.78, 5) is 28.7. The lowest BCUT2D eigenvalue weighted by atomic mass is 10.1. The number of carbonyl (C=O) groups excluding carboxylic acids is 2. The summed E-state index contributed by atoms with van der Waals surface area (Å²) in [7, 11) is 0. The van der Waals surface area contributed by atoms with Crippen LogP contribution in [0.2, 0.25) is 5.02 Å². The van der Waals surface area contributed by atoms with Crippen molar-refractivity contribution >= 4 is 29.1 Å². The van der Waals surface area contributed by atoms with Crippen molar-refractivity contribution in [1.82, 2.24) is 10.3 Å². The van der Waals surface area contributed by atoms with Crippen LogP contribution >= 0.6 is 11.6 Å². The minimum Gasteiger partial charge on any atom is -0.350 e. The molecule has 0 aliphatic heterocycles. The Hall–Kier alpha value is -3.25. The normalized spacial score (nSPS) is 10.4. The van der Waals surface area contributed by atoms with Crippen molar-refractivity contribution in [2.45, 2.75) is 6.42 Å². The van der Waals surface area contributed by atoms with Gasteiger partial charge in [0.2, 0.25) is 0 Å². The second kappa shape index (κ2) is 9.10. The summed E-state index contributed by atoms with van der Waals surface area (Å²) < 4.78 is 13.2. The molecule has 0 radical (unpaired) electrons. The molecule has 7 heteroatoms. The highest BCUT2D eigenvalue weighted by Crippen LogP contribution is 2.20. The highest BCUT2D eigenvalue weighted by atomic mass is 35.5. The Morgan fingerprint density at radius 1 is 1.00 bits per heavy atom. The molecule has 0 unspecified atom stereocenters. The topological polar surface area (TPSA) is 71.1 Å². The quantitative estimate of drug-likeness (QED) is 0.657. The third kappa shape index (κ3) is 5.14. The number of halogens is 2. The van der Waals surface area contributed by atoms with Crippen LogP contribution in [0.15, 0.2) is 66.9 Å². The molecule has 0 fully saturated rings. The predicted molar refractivity (Wildman–Crippen MR) is 106 cm³/mol. The van der Waals surface area contributed by atoms with E-state index in [4.69, 9.17) is 11.6 Å². The molecule has 1 aromatic heterocycles. The smallest absolute Gasteiger partial charge is 0.269 e. The van der Waals surface area contributed by atoms with Crippen molar-refractivity contribution in [3.05, 3.63) is 94.5 Å². The zero-order valence-electron chi connectivity index (χ0n) is 14.8. The van der Waals surface area contributed by atoms with Crippen LogP contribution < -0.4 is 10.6 Å². The highest BCUT2D eigenvalue weighted by molar-refractivity contribution is 6.31. The molecule has 3 aromatic rings. The zero-order chi connectivity index (χ0) is 19.9. The molecule has 2 amide bonds. The Balaban J connectivity index is 1.61. The minimum absolute atomic E-state index is 0.0917. The van der Waals surface area contributed by atoms with E-state index in [-0.39, 0.29) is 22.2 Å². The molecule has 5 nitrogen and oxygen atoms in total. The highest BCUT2D eigenvalue weighted by Gasteiger charge is 2.12. The second-order valence-electron chi connectivity index (χ2n) is 6.00. The van der Waals surface area contributed by atoms with Crippen LogP contribution in [0.3, 0.4) is 0 Å². The molecule has 142 valence electrons. The van der Waals surface area contributed by atoms with Crippen LogP contribution in [-0.2, 0) is 6.42 Å². The average molecular weight is 398 g/mol. The van der Waals surface area contributed by atoms with Gasteiger partial charge < -0.3 is 10.6 Å². The molecule has 0 saturated heterocycles. The number of rotatable bonds is 6. The van der Waals surface area contributed by atoms with Crippen LogP contribution in [0.4, 0.5) is 10.1 Å². The molecule has 0 aliphatic rings. The van der Waals surface area contributed by atoms with E-state index in [1.165, 1.54) is 30.5 Å².